The summed E-state index contributed by atoms with van der Waals surface area (Å²) < 4.78 is 18.0. The summed E-state index contributed by atoms with van der Waals surface area (Å²) in [5.74, 6) is 1.44. The van der Waals surface area contributed by atoms with Gasteiger partial charge in [0.1, 0.15) is 6.61 Å². The summed E-state index contributed by atoms with van der Waals surface area (Å²) in [6.07, 6.45) is 0. The smallest absolute Gasteiger partial charge is 0.254 e. The van der Waals surface area contributed by atoms with Crippen LogP contribution in [0.4, 0.5) is 0 Å². The topological polar surface area (TPSA) is 78.7 Å². The van der Waals surface area contributed by atoms with Crippen LogP contribution in [-0.2, 0) is 26.6 Å². The minimum Gasteiger partial charge on any atom is -0.383 e. The SMILES string of the molecule is COCc1nnc(SCc2ccccc2C(=O)N2CCOCC2)n1C(C)COC. The molecular formula is C20H28N4O4S. The number of hydrogen-bond acceptors (Lipinski definition) is 7. The number of aromatic nitrogens is 3. The zero-order chi connectivity index (χ0) is 20.6. The Balaban J connectivity index is 1.77. The van der Waals surface area contributed by atoms with E-state index in [2.05, 4.69) is 17.1 Å². The third kappa shape index (κ3) is 5.36. The number of carbonyl (C=O) groups excluding carboxylic acids is 1. The summed E-state index contributed by atoms with van der Waals surface area (Å²) in [5.41, 5.74) is 1.71. The summed E-state index contributed by atoms with van der Waals surface area (Å²) in [5, 5.41) is 9.41. The average Bonchev–Trinajstić information content (AvgIpc) is 3.15. The van der Waals surface area contributed by atoms with Crippen LogP contribution in [0.25, 0.3) is 0 Å². The number of nitrogens with zero attached hydrogens (tertiary/aromatic N) is 4. The quantitative estimate of drug-likeness (QED) is 0.577. The summed E-state index contributed by atoms with van der Waals surface area (Å²) >= 11 is 1.56. The molecule has 8 nitrogen and oxygen atoms in total. The van der Waals surface area contributed by atoms with Gasteiger partial charge in [0.15, 0.2) is 11.0 Å². The fraction of sp³-hybridized carbons (Fsp3) is 0.550. The number of morpholine rings is 1. The van der Waals surface area contributed by atoms with E-state index < -0.39 is 0 Å². The van der Waals surface area contributed by atoms with E-state index in [9.17, 15) is 4.79 Å². The zero-order valence-corrected chi connectivity index (χ0v) is 18.0. The van der Waals surface area contributed by atoms with E-state index >= 15 is 0 Å². The lowest BCUT2D eigenvalue weighted by Gasteiger charge is -2.27. The number of methoxy groups -OCH3 is 2. The van der Waals surface area contributed by atoms with Crippen LogP contribution in [0.1, 0.15) is 34.7 Å². The molecule has 0 aliphatic carbocycles. The van der Waals surface area contributed by atoms with Crippen LogP contribution in [0.5, 0.6) is 0 Å². The third-order valence-electron chi connectivity index (χ3n) is 4.76. The average molecular weight is 421 g/mol. The van der Waals surface area contributed by atoms with Gasteiger partial charge in [0.05, 0.1) is 25.9 Å². The van der Waals surface area contributed by atoms with Crippen LogP contribution in [0.15, 0.2) is 29.4 Å². The maximum Gasteiger partial charge on any atom is 0.254 e. The molecular weight excluding hydrogens is 392 g/mol. The van der Waals surface area contributed by atoms with Crippen molar-refractivity contribution in [3.8, 4) is 0 Å². The van der Waals surface area contributed by atoms with Gasteiger partial charge in [0.2, 0.25) is 0 Å². The molecule has 0 N–H and O–H groups in total. The number of rotatable bonds is 9. The molecule has 1 saturated heterocycles. The molecule has 9 heteroatoms. The minimum absolute atomic E-state index is 0.0544. The second kappa shape index (κ2) is 10.7. The molecule has 1 aromatic carbocycles. The highest BCUT2D eigenvalue weighted by molar-refractivity contribution is 7.98. The molecule has 0 radical (unpaired) electrons. The van der Waals surface area contributed by atoms with Gasteiger partial charge in [0, 0.05) is 38.6 Å². The molecule has 2 aromatic rings. The maximum absolute atomic E-state index is 13.0. The summed E-state index contributed by atoms with van der Waals surface area (Å²) in [6.45, 7) is 5.43. The molecule has 29 heavy (non-hydrogen) atoms. The lowest BCUT2D eigenvalue weighted by molar-refractivity contribution is 0.0302. The Morgan fingerprint density at radius 3 is 2.69 bits per heavy atom. The highest BCUT2D eigenvalue weighted by Crippen LogP contribution is 2.27. The van der Waals surface area contributed by atoms with Gasteiger partial charge in [-0.1, -0.05) is 30.0 Å². The van der Waals surface area contributed by atoms with E-state index in [0.717, 1.165) is 22.1 Å². The second-order valence-corrected chi connectivity index (χ2v) is 7.80. The number of ether oxygens (including phenoxy) is 3. The van der Waals surface area contributed by atoms with Gasteiger partial charge in [-0.3, -0.25) is 9.36 Å². The van der Waals surface area contributed by atoms with Crippen molar-refractivity contribution in [1.82, 2.24) is 19.7 Å². The Kier molecular flexibility index (Phi) is 8.05. The minimum atomic E-state index is 0.0544. The van der Waals surface area contributed by atoms with Crippen molar-refractivity contribution in [2.24, 2.45) is 0 Å². The Labute approximate surface area is 175 Å². The van der Waals surface area contributed by atoms with Gasteiger partial charge < -0.3 is 19.1 Å². The molecule has 3 rings (SSSR count). The van der Waals surface area contributed by atoms with E-state index in [0.29, 0.717) is 45.3 Å². The number of thioether (sulfide) groups is 1. The van der Waals surface area contributed by atoms with Crippen LogP contribution >= 0.6 is 11.8 Å². The molecule has 1 aliphatic rings. The van der Waals surface area contributed by atoms with Crippen LogP contribution in [0.2, 0.25) is 0 Å². The molecule has 2 heterocycles. The lowest BCUT2D eigenvalue weighted by Crippen LogP contribution is -2.41. The van der Waals surface area contributed by atoms with Crippen molar-refractivity contribution in [3.05, 3.63) is 41.2 Å². The standard InChI is InChI=1S/C20H28N4O4S/c1-15(12-26-2)24-18(13-27-3)21-22-20(24)29-14-16-6-4-5-7-17(16)19(25)23-8-10-28-11-9-23/h4-7,15H,8-14H2,1-3H3. The second-order valence-electron chi connectivity index (χ2n) is 6.86. The van der Waals surface area contributed by atoms with Crippen molar-refractivity contribution in [3.63, 3.8) is 0 Å². The third-order valence-corrected chi connectivity index (χ3v) is 5.75. The monoisotopic (exact) mass is 420 g/mol. The first-order valence-corrected chi connectivity index (χ1v) is 10.6. The van der Waals surface area contributed by atoms with E-state index in [1.807, 2.05) is 33.7 Å². The highest BCUT2D eigenvalue weighted by atomic mass is 32.2. The Morgan fingerprint density at radius 1 is 1.21 bits per heavy atom. The van der Waals surface area contributed by atoms with Crippen LogP contribution in [0, 0.1) is 0 Å². The molecule has 0 spiro atoms. The van der Waals surface area contributed by atoms with E-state index in [1.54, 1.807) is 26.0 Å². The summed E-state index contributed by atoms with van der Waals surface area (Å²) in [6, 6.07) is 7.83. The Morgan fingerprint density at radius 2 is 1.97 bits per heavy atom. The molecule has 1 amide bonds. The first-order chi connectivity index (χ1) is 14.2. The first kappa shape index (κ1) is 21.8. The number of benzene rings is 1. The van der Waals surface area contributed by atoms with Gasteiger partial charge in [-0.15, -0.1) is 10.2 Å². The first-order valence-electron chi connectivity index (χ1n) is 9.65. The van der Waals surface area contributed by atoms with Gasteiger partial charge in [-0.25, -0.2) is 0 Å². The molecule has 0 saturated carbocycles. The molecule has 1 fully saturated rings. The number of amides is 1. The van der Waals surface area contributed by atoms with Crippen LogP contribution in [-0.4, -0.2) is 72.7 Å². The fourth-order valence-electron chi connectivity index (χ4n) is 3.33. The zero-order valence-electron chi connectivity index (χ0n) is 17.2. The summed E-state index contributed by atoms with van der Waals surface area (Å²) in [7, 11) is 3.32. The van der Waals surface area contributed by atoms with Gasteiger partial charge in [-0.2, -0.15) is 0 Å². The maximum atomic E-state index is 13.0. The highest BCUT2D eigenvalue weighted by Gasteiger charge is 2.22. The molecule has 158 valence electrons. The van der Waals surface area contributed by atoms with Crippen molar-refractivity contribution in [2.75, 3.05) is 47.1 Å². The largest absolute Gasteiger partial charge is 0.383 e. The van der Waals surface area contributed by atoms with Crippen molar-refractivity contribution < 1.29 is 19.0 Å². The molecule has 1 aromatic heterocycles. The fourth-order valence-corrected chi connectivity index (χ4v) is 4.39. The number of carbonyl (C=O) groups is 1. The van der Waals surface area contributed by atoms with E-state index in [4.69, 9.17) is 14.2 Å². The number of hydrogen-bond donors (Lipinski definition) is 0. The van der Waals surface area contributed by atoms with Crippen LogP contribution in [0.3, 0.4) is 0 Å². The van der Waals surface area contributed by atoms with Gasteiger partial charge in [-0.05, 0) is 18.6 Å². The van der Waals surface area contributed by atoms with Crippen molar-refractivity contribution in [1.29, 1.82) is 0 Å². The molecule has 1 unspecified atom stereocenters. The lowest BCUT2D eigenvalue weighted by atomic mass is 10.1. The molecule has 1 aliphatic heterocycles. The van der Waals surface area contributed by atoms with E-state index in [1.165, 1.54) is 0 Å². The Hall–Kier alpha value is -1.94. The predicted octanol–water partition coefficient (Wildman–Crippen LogP) is 2.40. The van der Waals surface area contributed by atoms with Crippen molar-refractivity contribution in [2.45, 2.75) is 30.5 Å². The predicted molar refractivity (Wildman–Crippen MR) is 110 cm³/mol. The summed E-state index contributed by atoms with van der Waals surface area (Å²) in [4.78, 5) is 14.8. The molecule has 0 bridgehead atoms. The van der Waals surface area contributed by atoms with Gasteiger partial charge >= 0.3 is 0 Å². The molecule has 1 atom stereocenters. The van der Waals surface area contributed by atoms with Crippen LogP contribution < -0.4 is 0 Å². The Bertz CT molecular complexity index is 808. The van der Waals surface area contributed by atoms with E-state index in [-0.39, 0.29) is 11.9 Å². The van der Waals surface area contributed by atoms with Crippen molar-refractivity contribution >= 4 is 17.7 Å². The van der Waals surface area contributed by atoms with Gasteiger partial charge in [0.25, 0.3) is 5.91 Å². The normalized spacial score (nSPS) is 15.5.